The maximum Gasteiger partial charge on any atom is 0.403 e. The number of hydrogen-bond acceptors (Lipinski definition) is 5. The highest BCUT2D eigenvalue weighted by Crippen LogP contribution is 2.59. The zero-order valence-electron chi connectivity index (χ0n) is 20.2. The molecule has 4 rings (SSSR count). The Morgan fingerprint density at radius 2 is 1.81 bits per heavy atom. The van der Waals surface area contributed by atoms with E-state index in [0.29, 0.717) is 16.9 Å². The lowest BCUT2D eigenvalue weighted by molar-refractivity contribution is -0.201. The predicted molar refractivity (Wildman–Crippen MR) is 127 cm³/mol. The molecule has 1 aromatic carbocycles. The van der Waals surface area contributed by atoms with Crippen molar-refractivity contribution >= 4 is 29.2 Å². The molecule has 1 aliphatic carbocycles. The fraction of sp³-hybridized carbons (Fsp3) is 0.440. The van der Waals surface area contributed by atoms with Crippen molar-refractivity contribution in [3.63, 3.8) is 0 Å². The monoisotopic (exact) mass is 503 g/mol. The number of nitrogens with two attached hydrogens (primary N) is 1. The highest BCUT2D eigenvalue weighted by Gasteiger charge is 2.70. The van der Waals surface area contributed by atoms with Gasteiger partial charge in [0.1, 0.15) is 11.2 Å². The minimum Gasteiger partial charge on any atom is -0.383 e. The van der Waals surface area contributed by atoms with Crippen LogP contribution in [0.15, 0.2) is 36.5 Å². The van der Waals surface area contributed by atoms with Gasteiger partial charge in [0, 0.05) is 19.1 Å². The first-order valence-electron chi connectivity index (χ1n) is 11.6. The van der Waals surface area contributed by atoms with E-state index in [1.807, 2.05) is 13.0 Å². The second-order valence-corrected chi connectivity index (χ2v) is 9.65. The molecule has 0 unspecified atom stereocenters. The molecule has 8 nitrogen and oxygen atoms in total. The van der Waals surface area contributed by atoms with E-state index in [2.05, 4.69) is 10.3 Å². The first kappa shape index (κ1) is 25.5. The molecule has 11 heteroatoms. The summed E-state index contributed by atoms with van der Waals surface area (Å²) in [6, 6.07) is 7.21. The van der Waals surface area contributed by atoms with Gasteiger partial charge in [0.15, 0.2) is 0 Å². The topological polar surface area (TPSA) is 109 Å². The van der Waals surface area contributed by atoms with Crippen LogP contribution in [-0.4, -0.2) is 57.8 Å². The number of halogens is 3. The van der Waals surface area contributed by atoms with Gasteiger partial charge in [-0.05, 0) is 50.8 Å². The molecule has 2 aromatic rings. The molecule has 192 valence electrons. The molecule has 1 aromatic heterocycles. The van der Waals surface area contributed by atoms with Crippen molar-refractivity contribution in [2.75, 3.05) is 24.1 Å². The number of alkyl halides is 3. The Morgan fingerprint density at radius 1 is 1.11 bits per heavy atom. The first-order chi connectivity index (χ1) is 16.8. The molecule has 1 saturated carbocycles. The van der Waals surface area contributed by atoms with Crippen molar-refractivity contribution in [1.29, 1.82) is 0 Å². The molecule has 0 spiro atoms. The van der Waals surface area contributed by atoms with Crippen molar-refractivity contribution < 1.29 is 27.6 Å². The van der Waals surface area contributed by atoms with E-state index in [1.54, 1.807) is 38.1 Å². The van der Waals surface area contributed by atoms with Crippen LogP contribution in [-0.2, 0) is 14.4 Å². The Balaban J connectivity index is 1.62. The number of nitrogens with zero attached hydrogens (tertiary/aromatic N) is 3. The molecular weight excluding hydrogens is 475 g/mol. The summed E-state index contributed by atoms with van der Waals surface area (Å²) in [5, 5.41) is 2.52. The second kappa shape index (κ2) is 9.11. The Hall–Kier alpha value is -3.63. The number of piperazine rings is 1. The number of carbonyl (C=O) groups excluding carboxylic acids is 3. The number of aromatic nitrogens is 1. The summed E-state index contributed by atoms with van der Waals surface area (Å²) in [7, 11) is 0. The van der Waals surface area contributed by atoms with Gasteiger partial charge < -0.3 is 20.9 Å². The minimum absolute atomic E-state index is 0.0937. The van der Waals surface area contributed by atoms with Crippen molar-refractivity contribution in [1.82, 2.24) is 14.8 Å². The number of nitrogen functional groups attached to an aromatic ring is 1. The highest BCUT2D eigenvalue weighted by atomic mass is 19.4. The maximum atomic E-state index is 13.7. The summed E-state index contributed by atoms with van der Waals surface area (Å²) < 4.78 is 41.1. The normalized spacial score (nSPS) is 21.2. The fourth-order valence-electron chi connectivity index (χ4n) is 4.63. The van der Waals surface area contributed by atoms with Gasteiger partial charge >= 0.3 is 18.0 Å². The number of anilines is 2. The van der Waals surface area contributed by atoms with Gasteiger partial charge in [-0.15, -0.1) is 0 Å². The second-order valence-electron chi connectivity index (χ2n) is 9.65. The zero-order chi connectivity index (χ0) is 26.4. The quantitative estimate of drug-likeness (QED) is 0.625. The molecule has 36 heavy (non-hydrogen) atoms. The lowest BCUT2D eigenvalue weighted by atomic mass is 9.95. The van der Waals surface area contributed by atoms with Gasteiger partial charge in [-0.3, -0.25) is 14.4 Å². The van der Waals surface area contributed by atoms with Crippen LogP contribution >= 0.6 is 0 Å². The van der Waals surface area contributed by atoms with Crippen LogP contribution in [0.4, 0.5) is 24.7 Å². The van der Waals surface area contributed by atoms with Crippen LogP contribution in [0.25, 0.3) is 0 Å². The van der Waals surface area contributed by atoms with Gasteiger partial charge in [-0.2, -0.15) is 13.2 Å². The van der Waals surface area contributed by atoms with Gasteiger partial charge in [-0.25, -0.2) is 4.98 Å². The molecule has 0 bridgehead atoms. The summed E-state index contributed by atoms with van der Waals surface area (Å²) in [5.41, 5.74) is 5.76. The van der Waals surface area contributed by atoms with Crippen molar-refractivity contribution in [3.8, 4) is 0 Å². The average Bonchev–Trinajstić information content (AvgIpc) is 3.63. The molecule has 0 radical (unpaired) electrons. The van der Waals surface area contributed by atoms with Crippen molar-refractivity contribution in [2.45, 2.75) is 51.9 Å². The molecular formula is C25H28F3N5O3. The largest absolute Gasteiger partial charge is 0.403 e. The first-order valence-corrected chi connectivity index (χ1v) is 11.6. The van der Waals surface area contributed by atoms with Crippen molar-refractivity contribution in [2.24, 2.45) is 5.41 Å². The van der Waals surface area contributed by atoms with Crippen LogP contribution in [0, 0.1) is 19.3 Å². The molecule has 2 atom stereocenters. The lowest BCUT2D eigenvalue weighted by Gasteiger charge is -2.46. The molecule has 3 N–H and O–H groups in total. The van der Waals surface area contributed by atoms with E-state index in [0.717, 1.165) is 5.56 Å². The Morgan fingerprint density at radius 3 is 2.39 bits per heavy atom. The standard InChI is InChI=1S/C25H28F3N5O3/c1-14-5-4-6-17(9-14)19-13-32(23(36)24(7-8-24)25(26,27)28)16(3)12-33(19)22(35)21(34)31-18-10-15(2)20(29)30-11-18/h4-6,9-11,16,19H,7-8,12-13H2,1-3H3,(H2,29,30)(H,31,34)/t16-,19-/m1/s1. The number of amides is 3. The number of rotatable bonds is 3. The third-order valence-corrected chi connectivity index (χ3v) is 6.96. The van der Waals surface area contributed by atoms with Gasteiger partial charge in [0.2, 0.25) is 5.91 Å². The molecule has 2 heterocycles. The number of nitrogens with one attached hydrogen (secondary N) is 1. The predicted octanol–water partition coefficient (Wildman–Crippen LogP) is 3.36. The van der Waals surface area contributed by atoms with E-state index in [-0.39, 0.29) is 31.6 Å². The summed E-state index contributed by atoms with van der Waals surface area (Å²) in [6.07, 6.45) is -3.79. The van der Waals surface area contributed by atoms with E-state index in [1.165, 1.54) is 16.0 Å². The van der Waals surface area contributed by atoms with Crippen LogP contribution in [0.1, 0.15) is 42.5 Å². The van der Waals surface area contributed by atoms with E-state index in [9.17, 15) is 27.6 Å². The van der Waals surface area contributed by atoms with Gasteiger partial charge in [-0.1, -0.05) is 29.8 Å². The van der Waals surface area contributed by atoms with E-state index >= 15 is 0 Å². The summed E-state index contributed by atoms with van der Waals surface area (Å²) in [6.45, 7) is 4.89. The van der Waals surface area contributed by atoms with Crippen LogP contribution < -0.4 is 11.1 Å². The number of aryl methyl sites for hydroxylation is 2. The fourth-order valence-corrected chi connectivity index (χ4v) is 4.63. The molecule has 2 aliphatic rings. The Bertz CT molecular complexity index is 1210. The molecule has 1 saturated heterocycles. The summed E-state index contributed by atoms with van der Waals surface area (Å²) >= 11 is 0. The SMILES string of the molecule is Cc1cccc([C@H]2CN(C(=O)C3(C(F)(F)F)CC3)[C@H](C)CN2C(=O)C(=O)Nc2cnc(N)c(C)c2)c1. The molecule has 3 amide bonds. The van der Waals surface area contributed by atoms with E-state index < -0.39 is 41.4 Å². The van der Waals surface area contributed by atoms with Crippen LogP contribution in [0.5, 0.6) is 0 Å². The number of hydrogen-bond donors (Lipinski definition) is 2. The smallest absolute Gasteiger partial charge is 0.383 e. The minimum atomic E-state index is -4.64. The lowest BCUT2D eigenvalue weighted by Crippen LogP contribution is -2.60. The zero-order valence-corrected chi connectivity index (χ0v) is 20.2. The Kier molecular flexibility index (Phi) is 6.44. The highest BCUT2D eigenvalue weighted by molar-refractivity contribution is 6.39. The Labute approximate surface area is 206 Å². The third-order valence-electron chi connectivity index (χ3n) is 6.96. The third kappa shape index (κ3) is 4.61. The van der Waals surface area contributed by atoms with Gasteiger partial charge in [0.05, 0.1) is 17.9 Å². The number of carbonyl (C=O) groups is 3. The van der Waals surface area contributed by atoms with Crippen LogP contribution in [0.3, 0.4) is 0 Å². The van der Waals surface area contributed by atoms with Crippen LogP contribution in [0.2, 0.25) is 0 Å². The van der Waals surface area contributed by atoms with Gasteiger partial charge in [0.25, 0.3) is 0 Å². The number of pyridine rings is 1. The summed E-state index contributed by atoms with van der Waals surface area (Å²) in [4.78, 5) is 45.8. The molecule has 2 fully saturated rings. The van der Waals surface area contributed by atoms with E-state index in [4.69, 9.17) is 5.73 Å². The maximum absolute atomic E-state index is 13.7. The number of benzene rings is 1. The molecule has 1 aliphatic heterocycles. The summed E-state index contributed by atoms with van der Waals surface area (Å²) in [5.74, 6) is -2.45. The average molecular weight is 504 g/mol. The van der Waals surface area contributed by atoms with Crippen molar-refractivity contribution in [3.05, 3.63) is 53.2 Å².